The number of hydrogen-bond donors (Lipinski definition) is 2. The first-order chi connectivity index (χ1) is 15.6. The zero-order valence-corrected chi connectivity index (χ0v) is 20.2. The number of pyridine rings is 1. The zero-order chi connectivity index (χ0) is 23.9. The van der Waals surface area contributed by atoms with Gasteiger partial charge in [0.25, 0.3) is 5.91 Å². The molecule has 33 heavy (non-hydrogen) atoms. The summed E-state index contributed by atoms with van der Waals surface area (Å²) in [6.07, 6.45) is 0. The van der Waals surface area contributed by atoms with Gasteiger partial charge in [-0.15, -0.1) is 23.2 Å². The maximum absolute atomic E-state index is 13.3. The molecule has 1 heterocycles. The van der Waals surface area contributed by atoms with Crippen molar-refractivity contribution in [3.63, 3.8) is 0 Å². The van der Waals surface area contributed by atoms with Gasteiger partial charge >= 0.3 is 0 Å². The van der Waals surface area contributed by atoms with Crippen molar-refractivity contribution in [2.24, 2.45) is 5.92 Å². The Labute approximate surface area is 213 Å². The lowest BCUT2D eigenvalue weighted by atomic mass is 10.1. The summed E-state index contributed by atoms with van der Waals surface area (Å²) in [4.78, 5) is 29.1. The largest absolute Gasteiger partial charge is 0.326 e. The molecule has 0 saturated heterocycles. The number of amides is 2. The van der Waals surface area contributed by atoms with Gasteiger partial charge in [-0.3, -0.25) is 9.59 Å². The van der Waals surface area contributed by atoms with Crippen LogP contribution in [0.5, 0.6) is 0 Å². The Bertz CT molecular complexity index is 1250. The van der Waals surface area contributed by atoms with Crippen molar-refractivity contribution in [2.45, 2.75) is 10.3 Å². The molecule has 2 aromatic carbocycles. The van der Waals surface area contributed by atoms with E-state index >= 15 is 0 Å². The highest BCUT2D eigenvalue weighted by Gasteiger charge is 2.67. The maximum atomic E-state index is 13.3. The second kappa shape index (κ2) is 9.28. The topological polar surface area (TPSA) is 71.1 Å². The molecule has 0 aliphatic heterocycles. The normalized spacial score (nSPS) is 18.5. The van der Waals surface area contributed by atoms with Gasteiger partial charge in [-0.2, -0.15) is 4.39 Å². The van der Waals surface area contributed by atoms with E-state index in [4.69, 9.17) is 58.0 Å². The molecule has 0 radical (unpaired) electrons. The van der Waals surface area contributed by atoms with E-state index in [1.165, 1.54) is 30.3 Å². The molecule has 2 atom stereocenters. The van der Waals surface area contributed by atoms with E-state index in [2.05, 4.69) is 15.6 Å². The number of aromatic nitrogens is 1. The van der Waals surface area contributed by atoms with Crippen LogP contribution in [-0.4, -0.2) is 21.1 Å². The minimum absolute atomic E-state index is 0.0144. The van der Waals surface area contributed by atoms with Gasteiger partial charge in [0.2, 0.25) is 11.9 Å². The molecule has 11 heteroatoms. The molecule has 2 amide bonds. The predicted octanol–water partition coefficient (Wildman–Crippen LogP) is 6.96. The van der Waals surface area contributed by atoms with Crippen LogP contribution in [0.3, 0.4) is 0 Å². The number of halogens is 6. The van der Waals surface area contributed by atoms with Crippen LogP contribution < -0.4 is 10.6 Å². The third-order valence-electron chi connectivity index (χ3n) is 5.02. The quantitative estimate of drug-likeness (QED) is 0.268. The fourth-order valence-electron chi connectivity index (χ4n) is 3.48. The Morgan fingerprint density at radius 3 is 2.30 bits per heavy atom. The fraction of sp³-hybridized carbons (Fsp3) is 0.136. The maximum Gasteiger partial charge on any atom is 0.258 e. The first-order valence-electron chi connectivity index (χ1n) is 9.44. The highest BCUT2D eigenvalue weighted by Crippen LogP contribution is 2.65. The number of nitrogens with one attached hydrogen (secondary N) is 2. The van der Waals surface area contributed by atoms with Crippen molar-refractivity contribution in [1.82, 2.24) is 4.98 Å². The van der Waals surface area contributed by atoms with E-state index in [1.807, 2.05) is 0 Å². The molecule has 1 aliphatic rings. The molecule has 2 N–H and O–H groups in total. The van der Waals surface area contributed by atoms with Crippen LogP contribution in [0.2, 0.25) is 15.1 Å². The van der Waals surface area contributed by atoms with Crippen LogP contribution in [0.4, 0.5) is 15.9 Å². The van der Waals surface area contributed by atoms with Gasteiger partial charge in [-0.05, 0) is 54.1 Å². The minimum Gasteiger partial charge on any atom is -0.326 e. The third kappa shape index (κ3) is 5.20. The number of nitrogens with zero attached hydrogens (tertiary/aromatic N) is 1. The van der Waals surface area contributed by atoms with Crippen molar-refractivity contribution in [1.29, 1.82) is 0 Å². The summed E-state index contributed by atoms with van der Waals surface area (Å²) in [5.74, 6) is -3.12. The molecular formula is C22H13Cl5FN3O2. The summed E-state index contributed by atoms with van der Waals surface area (Å²) < 4.78 is 11.9. The van der Waals surface area contributed by atoms with Crippen LogP contribution in [-0.2, 0) is 4.79 Å². The van der Waals surface area contributed by atoms with Crippen LogP contribution in [0, 0.1) is 11.9 Å². The molecule has 170 valence electrons. The van der Waals surface area contributed by atoms with Crippen molar-refractivity contribution in [3.05, 3.63) is 86.7 Å². The van der Waals surface area contributed by atoms with Gasteiger partial charge in [0.05, 0.1) is 16.5 Å². The Morgan fingerprint density at radius 2 is 1.64 bits per heavy atom. The van der Waals surface area contributed by atoms with Crippen molar-refractivity contribution in [3.8, 4) is 0 Å². The zero-order valence-electron chi connectivity index (χ0n) is 16.4. The summed E-state index contributed by atoms with van der Waals surface area (Å²) in [7, 11) is 0. The molecule has 1 saturated carbocycles. The highest BCUT2D eigenvalue weighted by molar-refractivity contribution is 6.53. The van der Waals surface area contributed by atoms with Crippen molar-refractivity contribution < 1.29 is 14.0 Å². The van der Waals surface area contributed by atoms with Gasteiger partial charge in [0, 0.05) is 21.7 Å². The highest BCUT2D eigenvalue weighted by atomic mass is 35.5. The lowest BCUT2D eigenvalue weighted by molar-refractivity contribution is -0.117. The smallest absolute Gasteiger partial charge is 0.258 e. The van der Waals surface area contributed by atoms with Gasteiger partial charge in [-0.1, -0.05) is 40.9 Å². The van der Waals surface area contributed by atoms with E-state index in [9.17, 15) is 14.0 Å². The summed E-state index contributed by atoms with van der Waals surface area (Å²) in [6.45, 7) is 0. The minimum atomic E-state index is -1.35. The van der Waals surface area contributed by atoms with Crippen LogP contribution in [0.25, 0.3) is 0 Å². The summed E-state index contributed by atoms with van der Waals surface area (Å²) >= 11 is 31.0. The molecule has 1 aliphatic carbocycles. The van der Waals surface area contributed by atoms with Crippen molar-refractivity contribution >= 4 is 81.3 Å². The number of anilines is 2. The molecule has 1 fully saturated rings. The average molecular weight is 548 g/mol. The molecular weight excluding hydrogens is 535 g/mol. The molecule has 0 bridgehead atoms. The number of alkyl halides is 2. The standard InChI is InChI=1S/C22H13Cl5FN3O2/c23-11-6-10(7-12(24)8-11)18-19(22(18,26)27)21(33)29-13-4-5-15(25)14(9-13)20(32)31-17-3-1-2-16(28)30-17/h1-9,18-19H,(H,29,33)(H,30,31,32)/t18-,19+/m1/s1. The van der Waals surface area contributed by atoms with E-state index < -0.39 is 33.9 Å². The Hall–Kier alpha value is -2.09. The average Bonchev–Trinajstić information content (AvgIpc) is 3.31. The second-order valence-electron chi connectivity index (χ2n) is 7.32. The van der Waals surface area contributed by atoms with E-state index in [1.54, 1.807) is 18.2 Å². The fourth-order valence-corrected chi connectivity index (χ4v) is 5.06. The summed E-state index contributed by atoms with van der Waals surface area (Å²) in [5, 5.41) is 6.07. The summed E-state index contributed by atoms with van der Waals surface area (Å²) in [5.41, 5.74) is 0.981. The van der Waals surface area contributed by atoms with Gasteiger partial charge in [-0.25, -0.2) is 4.98 Å². The molecule has 1 aromatic heterocycles. The monoisotopic (exact) mass is 545 g/mol. The number of rotatable bonds is 5. The van der Waals surface area contributed by atoms with Gasteiger partial charge < -0.3 is 10.6 Å². The van der Waals surface area contributed by atoms with Crippen LogP contribution >= 0.6 is 58.0 Å². The van der Waals surface area contributed by atoms with Crippen LogP contribution in [0.1, 0.15) is 21.8 Å². The molecule has 0 spiro atoms. The summed E-state index contributed by atoms with van der Waals surface area (Å²) in [6, 6.07) is 13.2. The van der Waals surface area contributed by atoms with E-state index in [0.29, 0.717) is 21.3 Å². The number of carbonyl (C=O) groups excluding carboxylic acids is 2. The number of carbonyl (C=O) groups is 2. The molecule has 3 aromatic rings. The van der Waals surface area contributed by atoms with E-state index in [-0.39, 0.29) is 16.4 Å². The first-order valence-corrected chi connectivity index (χ1v) is 11.3. The van der Waals surface area contributed by atoms with E-state index in [0.717, 1.165) is 6.07 Å². The molecule has 5 nitrogen and oxygen atoms in total. The second-order valence-corrected chi connectivity index (χ2v) is 10.0. The van der Waals surface area contributed by atoms with Gasteiger partial charge in [0.1, 0.15) is 10.2 Å². The Kier molecular flexibility index (Phi) is 6.76. The molecule has 0 unspecified atom stereocenters. The Balaban J connectivity index is 1.51. The number of hydrogen-bond acceptors (Lipinski definition) is 3. The van der Waals surface area contributed by atoms with Crippen molar-refractivity contribution in [2.75, 3.05) is 10.6 Å². The number of benzene rings is 2. The van der Waals surface area contributed by atoms with Gasteiger partial charge in [0.15, 0.2) is 0 Å². The Morgan fingerprint density at radius 1 is 0.939 bits per heavy atom. The first kappa shape index (κ1) is 24.0. The molecule has 4 rings (SSSR count). The predicted molar refractivity (Wildman–Crippen MR) is 129 cm³/mol. The SMILES string of the molecule is O=C(Nc1cccc(F)n1)c1cc(NC(=O)[C@@H]2[C@@H](c3cc(Cl)cc(Cl)c3)C2(Cl)Cl)ccc1Cl. The third-order valence-corrected chi connectivity index (χ3v) is 6.72. The lowest BCUT2D eigenvalue weighted by Crippen LogP contribution is -2.18. The lowest BCUT2D eigenvalue weighted by Gasteiger charge is -2.10. The van der Waals surface area contributed by atoms with Crippen LogP contribution in [0.15, 0.2) is 54.6 Å².